The lowest BCUT2D eigenvalue weighted by atomic mass is 10.1. The Hall–Kier alpha value is -2.61. The van der Waals surface area contributed by atoms with Crippen molar-refractivity contribution in [3.05, 3.63) is 56.3 Å². The van der Waals surface area contributed by atoms with E-state index in [0.29, 0.717) is 18.8 Å². The van der Waals surface area contributed by atoms with Gasteiger partial charge in [-0.05, 0) is 49.3 Å². The maximum Gasteiger partial charge on any atom is 0.411 e. The maximum atomic E-state index is 12.5. The molecule has 1 aliphatic heterocycles. The number of anilines is 1. The van der Waals surface area contributed by atoms with Gasteiger partial charge in [0.05, 0.1) is 9.80 Å². The number of aryl methyl sites for hydroxylation is 1. The quantitative estimate of drug-likeness (QED) is 0.465. The Bertz CT molecular complexity index is 773. The number of thiophene rings is 1. The van der Waals surface area contributed by atoms with Crippen molar-refractivity contribution >= 4 is 28.8 Å². The van der Waals surface area contributed by atoms with E-state index < -0.39 is 17.2 Å². The number of amides is 1. The zero-order valence-corrected chi connectivity index (χ0v) is 15.3. The van der Waals surface area contributed by atoms with Crippen LogP contribution in [0.5, 0.6) is 0 Å². The second-order valence-corrected chi connectivity index (χ2v) is 7.23. The van der Waals surface area contributed by atoms with E-state index in [0.717, 1.165) is 29.7 Å². The Morgan fingerprint density at radius 3 is 2.73 bits per heavy atom. The fourth-order valence-electron chi connectivity index (χ4n) is 2.91. The van der Waals surface area contributed by atoms with Crippen LogP contribution in [0.25, 0.3) is 0 Å². The summed E-state index contributed by atoms with van der Waals surface area (Å²) >= 11 is 1.43. The minimum Gasteiger partial charge on any atom is -0.420 e. The lowest BCUT2D eigenvalue weighted by Crippen LogP contribution is -2.37. The van der Waals surface area contributed by atoms with Crippen molar-refractivity contribution < 1.29 is 14.5 Å². The number of carbonyl (C=O) groups excluding carboxylic acids is 1. The number of ether oxygens (including phenoxy) is 1. The van der Waals surface area contributed by atoms with Gasteiger partial charge in [-0.25, -0.2) is 4.79 Å². The van der Waals surface area contributed by atoms with E-state index in [9.17, 15) is 14.9 Å². The summed E-state index contributed by atoms with van der Waals surface area (Å²) in [5.41, 5.74) is 1.08. The van der Waals surface area contributed by atoms with Gasteiger partial charge in [-0.2, -0.15) is 0 Å². The molecule has 0 aliphatic carbocycles. The molecular weight excluding hydrogens is 354 g/mol. The molecule has 1 N–H and O–H groups in total. The number of nitrogens with zero attached hydrogens (tertiary/aromatic N) is 2. The number of nitro groups is 1. The summed E-state index contributed by atoms with van der Waals surface area (Å²) in [5, 5.41) is 16.3. The molecule has 1 fully saturated rings. The number of benzene rings is 1. The second-order valence-electron chi connectivity index (χ2n) is 6.25. The largest absolute Gasteiger partial charge is 0.420 e. The Kier molecular flexibility index (Phi) is 5.72. The third-order valence-electron chi connectivity index (χ3n) is 4.27. The lowest BCUT2D eigenvalue weighted by Gasteiger charge is -2.28. The van der Waals surface area contributed by atoms with Crippen molar-refractivity contribution in [2.45, 2.75) is 32.4 Å². The summed E-state index contributed by atoms with van der Waals surface area (Å²) in [4.78, 5) is 25.9. The number of nitro benzene ring substituents is 1. The van der Waals surface area contributed by atoms with Gasteiger partial charge in [0.15, 0.2) is 0 Å². The van der Waals surface area contributed by atoms with Crippen LogP contribution in [0.3, 0.4) is 0 Å². The van der Waals surface area contributed by atoms with E-state index in [4.69, 9.17) is 4.74 Å². The number of rotatable bonds is 5. The minimum atomic E-state index is -0.772. The predicted molar refractivity (Wildman–Crippen MR) is 100 cm³/mol. The smallest absolute Gasteiger partial charge is 0.411 e. The molecule has 2 heterocycles. The lowest BCUT2D eigenvalue weighted by molar-refractivity contribution is -0.384. The van der Waals surface area contributed by atoms with Gasteiger partial charge in [-0.1, -0.05) is 12.1 Å². The van der Waals surface area contributed by atoms with Crippen LogP contribution in [0, 0.1) is 17.0 Å². The van der Waals surface area contributed by atoms with Crippen LogP contribution in [-0.4, -0.2) is 29.0 Å². The predicted octanol–water partition coefficient (Wildman–Crippen LogP) is 4.70. The first-order chi connectivity index (χ1) is 12.5. The zero-order valence-electron chi connectivity index (χ0n) is 14.5. The molecule has 1 atom stereocenters. The average molecular weight is 375 g/mol. The number of nitrogens with one attached hydrogen (secondary N) is 1. The van der Waals surface area contributed by atoms with Crippen molar-refractivity contribution in [3.63, 3.8) is 0 Å². The summed E-state index contributed by atoms with van der Waals surface area (Å²) in [6.45, 7) is 3.16. The molecule has 7 nitrogen and oxygen atoms in total. The first-order valence-electron chi connectivity index (χ1n) is 8.55. The van der Waals surface area contributed by atoms with Crippen LogP contribution < -0.4 is 5.32 Å². The third kappa shape index (κ3) is 4.32. The summed E-state index contributed by atoms with van der Waals surface area (Å²) in [7, 11) is 0. The van der Waals surface area contributed by atoms with E-state index in [1.165, 1.54) is 17.4 Å². The van der Waals surface area contributed by atoms with Crippen LogP contribution in [-0.2, 0) is 4.74 Å². The summed E-state index contributed by atoms with van der Waals surface area (Å²) in [6, 6.07) is 8.62. The van der Waals surface area contributed by atoms with Gasteiger partial charge in [0.2, 0.25) is 6.23 Å². The second kappa shape index (κ2) is 8.18. The molecule has 1 saturated heterocycles. The molecule has 26 heavy (non-hydrogen) atoms. The molecule has 0 saturated carbocycles. The van der Waals surface area contributed by atoms with E-state index in [1.54, 1.807) is 24.0 Å². The Morgan fingerprint density at radius 2 is 2.08 bits per heavy atom. The fourth-order valence-corrected chi connectivity index (χ4v) is 3.61. The summed E-state index contributed by atoms with van der Waals surface area (Å²) in [5.74, 6) is 0. The van der Waals surface area contributed by atoms with Crippen LogP contribution >= 0.6 is 11.3 Å². The highest BCUT2D eigenvalue weighted by Gasteiger charge is 2.25. The molecular formula is C18H21N3O4S. The van der Waals surface area contributed by atoms with Gasteiger partial charge < -0.3 is 15.0 Å². The van der Waals surface area contributed by atoms with E-state index in [2.05, 4.69) is 5.32 Å². The van der Waals surface area contributed by atoms with Crippen LogP contribution in [0.15, 0.2) is 35.7 Å². The van der Waals surface area contributed by atoms with Crippen molar-refractivity contribution in [2.75, 3.05) is 18.4 Å². The number of carbonyl (C=O) groups is 1. The highest BCUT2D eigenvalue weighted by atomic mass is 32.1. The molecule has 8 heteroatoms. The van der Waals surface area contributed by atoms with Crippen molar-refractivity contribution in [1.82, 2.24) is 4.90 Å². The summed E-state index contributed by atoms with van der Waals surface area (Å²) in [6.07, 6.45) is 1.88. The molecule has 1 aliphatic rings. The standard InChI is InChI=1S/C18H21N3O4S/c1-13-7-8-14(15(12-13)21(23)24)19-17(16-6-5-11-26-16)25-18(22)20-9-3-2-4-10-20/h5-8,11-12,17,19H,2-4,9-10H2,1H3/t17-/m1/s1. The van der Waals surface area contributed by atoms with Gasteiger partial charge in [0.1, 0.15) is 5.69 Å². The summed E-state index contributed by atoms with van der Waals surface area (Å²) < 4.78 is 5.67. The Balaban J connectivity index is 1.81. The normalized spacial score (nSPS) is 15.3. The number of hydrogen-bond acceptors (Lipinski definition) is 6. The molecule has 3 rings (SSSR count). The molecule has 0 bridgehead atoms. The topological polar surface area (TPSA) is 84.7 Å². The van der Waals surface area contributed by atoms with Gasteiger partial charge in [0, 0.05) is 19.2 Å². The van der Waals surface area contributed by atoms with E-state index >= 15 is 0 Å². The van der Waals surface area contributed by atoms with Gasteiger partial charge in [-0.3, -0.25) is 10.1 Å². The number of hydrogen-bond donors (Lipinski definition) is 1. The fraction of sp³-hybridized carbons (Fsp3) is 0.389. The first-order valence-corrected chi connectivity index (χ1v) is 9.43. The van der Waals surface area contributed by atoms with Crippen molar-refractivity contribution in [3.8, 4) is 0 Å². The van der Waals surface area contributed by atoms with Crippen LogP contribution in [0.2, 0.25) is 0 Å². The molecule has 2 aromatic rings. The Morgan fingerprint density at radius 1 is 1.31 bits per heavy atom. The molecule has 0 unspecified atom stereocenters. The molecule has 1 amide bonds. The van der Waals surface area contributed by atoms with E-state index in [1.807, 2.05) is 17.5 Å². The highest BCUT2D eigenvalue weighted by Crippen LogP contribution is 2.31. The Labute approximate surface area is 155 Å². The van der Waals surface area contributed by atoms with E-state index in [-0.39, 0.29) is 5.69 Å². The average Bonchev–Trinajstić information content (AvgIpc) is 3.17. The number of piperidine rings is 1. The van der Waals surface area contributed by atoms with Crippen LogP contribution in [0.1, 0.15) is 35.9 Å². The zero-order chi connectivity index (χ0) is 18.5. The molecule has 1 aromatic carbocycles. The van der Waals surface area contributed by atoms with Crippen LogP contribution in [0.4, 0.5) is 16.2 Å². The SMILES string of the molecule is Cc1ccc(N[C@H](OC(=O)N2CCCCC2)c2cccs2)c([N+](=O)[O-])c1. The van der Waals surface area contributed by atoms with Gasteiger partial charge >= 0.3 is 6.09 Å². The highest BCUT2D eigenvalue weighted by molar-refractivity contribution is 7.10. The molecule has 0 spiro atoms. The third-order valence-corrected chi connectivity index (χ3v) is 5.19. The maximum absolute atomic E-state index is 12.5. The van der Waals surface area contributed by atoms with Gasteiger partial charge in [0.25, 0.3) is 5.69 Å². The van der Waals surface area contributed by atoms with Crippen molar-refractivity contribution in [1.29, 1.82) is 0 Å². The first kappa shape index (κ1) is 18.2. The molecule has 1 aromatic heterocycles. The molecule has 138 valence electrons. The number of likely N-dealkylation sites (tertiary alicyclic amines) is 1. The molecule has 0 radical (unpaired) electrons. The minimum absolute atomic E-state index is 0.0411. The monoisotopic (exact) mass is 375 g/mol. The van der Waals surface area contributed by atoms with Crippen molar-refractivity contribution in [2.24, 2.45) is 0 Å². The van der Waals surface area contributed by atoms with Gasteiger partial charge in [-0.15, -0.1) is 11.3 Å².